The van der Waals surface area contributed by atoms with Gasteiger partial charge in [-0.2, -0.15) is 13.2 Å². The number of rotatable bonds is 11. The number of ketones is 1. The van der Waals surface area contributed by atoms with E-state index >= 15 is 0 Å². The summed E-state index contributed by atoms with van der Waals surface area (Å²) in [6.07, 6.45) is -2.79. The molecule has 1 heterocycles. The van der Waals surface area contributed by atoms with E-state index in [0.717, 1.165) is 36.3 Å². The summed E-state index contributed by atoms with van der Waals surface area (Å²) in [5.41, 5.74) is 0.212. The highest BCUT2D eigenvalue weighted by molar-refractivity contribution is 7.17. The number of ether oxygens (including phenoxy) is 2. The van der Waals surface area contributed by atoms with E-state index in [2.05, 4.69) is 4.98 Å². The van der Waals surface area contributed by atoms with Crippen molar-refractivity contribution in [3.8, 4) is 16.3 Å². The zero-order chi connectivity index (χ0) is 30.5. The molecule has 11 heteroatoms. The second-order valence-electron chi connectivity index (χ2n) is 10.6. The molecule has 0 aliphatic rings. The van der Waals surface area contributed by atoms with Crippen LogP contribution >= 0.6 is 34.5 Å². The molecule has 1 aromatic heterocycles. The van der Waals surface area contributed by atoms with Gasteiger partial charge in [-0.3, -0.25) is 4.79 Å². The number of hydrogen-bond acceptors (Lipinski definition) is 6. The largest absolute Gasteiger partial charge is 0.477 e. The van der Waals surface area contributed by atoms with Gasteiger partial charge in [0.05, 0.1) is 21.2 Å². The number of Topliss-reactive ketones (excluding diaryl/α,β-unsaturated/α-hetero) is 1. The van der Waals surface area contributed by atoms with E-state index in [-0.39, 0.29) is 34.4 Å². The number of hydrogen-bond donors (Lipinski definition) is 0. The van der Waals surface area contributed by atoms with Crippen LogP contribution in [0, 0.1) is 6.92 Å². The van der Waals surface area contributed by atoms with Crippen LogP contribution in [0.1, 0.15) is 79.9 Å². The van der Waals surface area contributed by atoms with Crippen molar-refractivity contribution in [1.82, 2.24) is 4.98 Å². The SMILES string of the molecule is CCCCC(Oc1ccc(CCC(=O)c2sc(-c3ccc(C(F)(F)F)cc3)nc2C)c(Cl)c1Cl)C(=O)OC(C)(C)C. The predicted octanol–water partition coefficient (Wildman–Crippen LogP) is 9.54. The Morgan fingerprint density at radius 1 is 1.02 bits per heavy atom. The van der Waals surface area contributed by atoms with Gasteiger partial charge >= 0.3 is 12.1 Å². The Morgan fingerprint density at radius 3 is 2.27 bits per heavy atom. The van der Waals surface area contributed by atoms with Crippen LogP contribution in [0.3, 0.4) is 0 Å². The fraction of sp³-hybridized carbons (Fsp3) is 0.433. The normalized spacial score (nSPS) is 12.7. The third-order valence-electron chi connectivity index (χ3n) is 6.02. The number of alkyl halides is 3. The van der Waals surface area contributed by atoms with Crippen molar-refractivity contribution in [3.63, 3.8) is 0 Å². The summed E-state index contributed by atoms with van der Waals surface area (Å²) in [6.45, 7) is 9.04. The summed E-state index contributed by atoms with van der Waals surface area (Å²) >= 11 is 14.2. The molecule has 0 amide bonds. The minimum atomic E-state index is -4.43. The fourth-order valence-corrected chi connectivity index (χ4v) is 5.45. The summed E-state index contributed by atoms with van der Waals surface area (Å²) in [7, 11) is 0. The van der Waals surface area contributed by atoms with Crippen molar-refractivity contribution in [2.75, 3.05) is 0 Å². The molecule has 0 spiro atoms. The van der Waals surface area contributed by atoms with Gasteiger partial charge in [-0.1, -0.05) is 54.7 Å². The Balaban J connectivity index is 1.71. The first-order valence-electron chi connectivity index (χ1n) is 13.1. The maximum atomic E-state index is 13.0. The lowest BCUT2D eigenvalue weighted by atomic mass is 10.1. The third kappa shape index (κ3) is 8.93. The molecule has 0 saturated heterocycles. The molecule has 1 atom stereocenters. The van der Waals surface area contributed by atoms with Crippen LogP contribution in [0.25, 0.3) is 10.6 Å². The third-order valence-corrected chi connectivity index (χ3v) is 8.17. The number of carbonyl (C=O) groups is 2. The van der Waals surface area contributed by atoms with Gasteiger partial charge < -0.3 is 9.47 Å². The highest BCUT2D eigenvalue weighted by atomic mass is 35.5. The Kier molecular flexibility index (Phi) is 10.9. The lowest BCUT2D eigenvalue weighted by molar-refractivity contribution is -0.163. The molecule has 0 saturated carbocycles. The number of unbranched alkanes of at least 4 members (excludes halogenated alkanes) is 1. The minimum absolute atomic E-state index is 0.114. The van der Waals surface area contributed by atoms with Gasteiger partial charge in [-0.15, -0.1) is 11.3 Å². The number of halogens is 5. The van der Waals surface area contributed by atoms with E-state index in [9.17, 15) is 22.8 Å². The van der Waals surface area contributed by atoms with E-state index in [0.29, 0.717) is 33.1 Å². The van der Waals surface area contributed by atoms with Crippen LogP contribution in [0.15, 0.2) is 36.4 Å². The molecule has 3 aromatic rings. The van der Waals surface area contributed by atoms with Crippen molar-refractivity contribution in [3.05, 3.63) is 68.1 Å². The number of carbonyl (C=O) groups excluding carboxylic acids is 2. The maximum absolute atomic E-state index is 13.0. The van der Waals surface area contributed by atoms with Crippen molar-refractivity contribution in [2.24, 2.45) is 0 Å². The molecule has 2 aromatic carbocycles. The highest BCUT2D eigenvalue weighted by Crippen LogP contribution is 2.37. The second-order valence-corrected chi connectivity index (χ2v) is 12.3. The lowest BCUT2D eigenvalue weighted by Crippen LogP contribution is -2.35. The van der Waals surface area contributed by atoms with Crippen LogP contribution in [-0.2, 0) is 22.1 Å². The van der Waals surface area contributed by atoms with Crippen LogP contribution in [0.4, 0.5) is 13.2 Å². The van der Waals surface area contributed by atoms with Crippen LogP contribution < -0.4 is 4.74 Å². The summed E-state index contributed by atoms with van der Waals surface area (Å²) in [5.74, 6) is -0.406. The standard InChI is InChI=1S/C30H32Cl2F3NO4S/c1-6-7-8-23(28(38)40-29(3,4)5)39-22-16-12-18(24(31)25(22)32)11-15-21(37)26-17(2)36-27(41-26)19-9-13-20(14-10-19)30(33,34)35/h9-10,12-14,16,23H,6-8,11,15H2,1-5H3. The van der Waals surface area contributed by atoms with Crippen molar-refractivity contribution in [2.45, 2.75) is 84.6 Å². The fourth-order valence-electron chi connectivity index (χ4n) is 3.93. The Labute approximate surface area is 252 Å². The van der Waals surface area contributed by atoms with E-state index in [1.165, 1.54) is 12.1 Å². The van der Waals surface area contributed by atoms with Gasteiger partial charge in [0.25, 0.3) is 0 Å². The van der Waals surface area contributed by atoms with E-state index in [4.69, 9.17) is 32.7 Å². The Bertz CT molecular complexity index is 1380. The summed E-state index contributed by atoms with van der Waals surface area (Å²) in [5, 5.41) is 0.826. The topological polar surface area (TPSA) is 65.5 Å². The molecule has 0 bridgehead atoms. The Morgan fingerprint density at radius 2 is 1.68 bits per heavy atom. The monoisotopic (exact) mass is 629 g/mol. The molecule has 1 unspecified atom stereocenters. The molecule has 5 nitrogen and oxygen atoms in total. The first kappa shape index (κ1) is 32.9. The number of aromatic nitrogens is 1. The Hall–Kier alpha value is -2.62. The van der Waals surface area contributed by atoms with E-state index in [1.54, 1.807) is 39.8 Å². The quantitative estimate of drug-likeness (QED) is 0.156. The van der Waals surface area contributed by atoms with Gasteiger partial charge in [-0.05, 0) is 70.7 Å². The summed E-state index contributed by atoms with van der Waals surface area (Å²) in [4.78, 5) is 30.6. The van der Waals surface area contributed by atoms with Crippen molar-refractivity contribution in [1.29, 1.82) is 0 Å². The number of nitrogens with zero attached hydrogens (tertiary/aromatic N) is 1. The molecule has 0 radical (unpaired) electrons. The number of benzene rings is 2. The van der Waals surface area contributed by atoms with Crippen LogP contribution in [-0.4, -0.2) is 28.4 Å². The molecule has 0 fully saturated rings. The zero-order valence-electron chi connectivity index (χ0n) is 23.5. The molecule has 41 heavy (non-hydrogen) atoms. The predicted molar refractivity (Wildman–Crippen MR) is 156 cm³/mol. The summed E-state index contributed by atoms with van der Waals surface area (Å²) in [6, 6.07) is 8.00. The first-order chi connectivity index (χ1) is 19.1. The van der Waals surface area contributed by atoms with E-state index in [1.807, 2.05) is 6.92 Å². The van der Waals surface area contributed by atoms with Crippen molar-refractivity contribution < 1.29 is 32.2 Å². The molecule has 0 aliphatic carbocycles. The zero-order valence-corrected chi connectivity index (χ0v) is 25.8. The van der Waals surface area contributed by atoms with Gasteiger partial charge in [0, 0.05) is 12.0 Å². The van der Waals surface area contributed by atoms with Gasteiger partial charge in [0.2, 0.25) is 0 Å². The number of aryl methyl sites for hydroxylation is 2. The lowest BCUT2D eigenvalue weighted by Gasteiger charge is -2.25. The van der Waals surface area contributed by atoms with Crippen LogP contribution in [0.5, 0.6) is 5.75 Å². The number of esters is 1. The van der Waals surface area contributed by atoms with Crippen LogP contribution in [0.2, 0.25) is 10.0 Å². The summed E-state index contributed by atoms with van der Waals surface area (Å²) < 4.78 is 50.1. The first-order valence-corrected chi connectivity index (χ1v) is 14.7. The average molecular weight is 631 g/mol. The smallest absolute Gasteiger partial charge is 0.416 e. The minimum Gasteiger partial charge on any atom is -0.477 e. The second kappa shape index (κ2) is 13.6. The molecular formula is C30H32Cl2F3NO4S. The van der Waals surface area contributed by atoms with Gasteiger partial charge in [0.15, 0.2) is 11.9 Å². The van der Waals surface area contributed by atoms with Gasteiger partial charge in [-0.25, -0.2) is 9.78 Å². The molecule has 0 aliphatic heterocycles. The average Bonchev–Trinajstić information content (AvgIpc) is 3.28. The molecule has 3 rings (SSSR count). The maximum Gasteiger partial charge on any atom is 0.416 e. The molecular weight excluding hydrogens is 598 g/mol. The highest BCUT2D eigenvalue weighted by Gasteiger charge is 2.30. The number of thiazole rings is 1. The van der Waals surface area contributed by atoms with Crippen molar-refractivity contribution >= 4 is 46.3 Å². The van der Waals surface area contributed by atoms with Gasteiger partial charge in [0.1, 0.15) is 21.4 Å². The van der Waals surface area contributed by atoms with E-state index < -0.39 is 29.4 Å². The molecule has 222 valence electrons. The molecule has 0 N–H and O–H groups in total.